The molecule has 0 saturated carbocycles. The zero-order valence-corrected chi connectivity index (χ0v) is 43.3. The van der Waals surface area contributed by atoms with Crippen molar-refractivity contribution >= 4 is 39.5 Å². The molecule has 5 heterocycles. The Labute approximate surface area is 427 Å². The highest BCUT2D eigenvalue weighted by atomic mass is 16.8. The van der Waals surface area contributed by atoms with Crippen LogP contribution in [-0.4, -0.2) is 114 Å². The van der Waals surface area contributed by atoms with Crippen LogP contribution in [0.4, 0.5) is 4.79 Å². The standard InChI is InChI=1S/C27H31NO9.C26H33NO8.2H2O/c1-8-12-27(6)15(4)21-23(36-26(30)35-21)25(37-27)33-18-11-10-17-20(14(18)3)34-24(29)19(16(5)28-31-7)22(17)32-13-9-2;1-8-12-26(6)15(4)20(28)21(29)25(35-26)33-18-11-10-17-22(14(18)3)34-24(30)19(16(5)27-31-7)23(17)32-13-9-2;;/h8-11,15,21,23,25H,1-2,12-13H2,3-7H3;8-11,15,20-21,25,28-29H,1-2,12-13H2,3-7H3;2*1H2/b28-16+;27-16+;;/t15?,21?,23?,25?,27-;15?,20?,21?,25?,26-;;/m00../s1. The second kappa shape index (κ2) is 24.8. The van der Waals surface area contributed by atoms with Crippen molar-refractivity contribution in [3.63, 3.8) is 0 Å². The topological polar surface area (TPSA) is 298 Å². The molecule has 3 aliphatic heterocycles. The van der Waals surface area contributed by atoms with Gasteiger partial charge in [-0.2, -0.15) is 0 Å². The molecule has 21 nitrogen and oxygen atoms in total. The van der Waals surface area contributed by atoms with Gasteiger partial charge >= 0.3 is 17.4 Å². The largest absolute Gasteiger partial charge is 0.509 e. The lowest BCUT2D eigenvalue weighted by molar-refractivity contribution is -0.289. The first-order chi connectivity index (χ1) is 34.2. The van der Waals surface area contributed by atoms with Crippen LogP contribution in [0.5, 0.6) is 23.0 Å². The molecule has 6 N–H and O–H groups in total. The van der Waals surface area contributed by atoms with Gasteiger partial charge in [0.15, 0.2) is 6.10 Å². The fraction of sp³-hybridized carbons (Fsp3) is 0.453. The van der Waals surface area contributed by atoms with Crippen LogP contribution in [0.15, 0.2) is 104 Å². The average molecular weight is 1040 g/mol. The first kappa shape index (κ1) is 59.6. The van der Waals surface area contributed by atoms with E-state index in [4.69, 9.17) is 56.4 Å². The van der Waals surface area contributed by atoms with Crippen molar-refractivity contribution in [3.8, 4) is 23.0 Å². The molecule has 0 aliphatic carbocycles. The van der Waals surface area contributed by atoms with Gasteiger partial charge in [0.2, 0.25) is 18.7 Å². The van der Waals surface area contributed by atoms with Gasteiger partial charge in [0.1, 0.15) is 78.8 Å². The van der Waals surface area contributed by atoms with Gasteiger partial charge < -0.3 is 77.6 Å². The highest BCUT2D eigenvalue weighted by Gasteiger charge is 2.58. The lowest BCUT2D eigenvalue weighted by atomic mass is 9.79. The van der Waals surface area contributed by atoms with Gasteiger partial charge in [-0.1, -0.05) is 61.6 Å². The molecule has 2 aromatic carbocycles. The minimum absolute atomic E-state index is 0. The van der Waals surface area contributed by atoms with Gasteiger partial charge in [-0.15, -0.1) is 13.2 Å². The van der Waals surface area contributed by atoms with Crippen molar-refractivity contribution in [2.75, 3.05) is 27.4 Å². The fourth-order valence-electron chi connectivity index (χ4n) is 9.04. The van der Waals surface area contributed by atoms with Crippen LogP contribution in [0.25, 0.3) is 21.9 Å². The van der Waals surface area contributed by atoms with Crippen molar-refractivity contribution in [2.24, 2.45) is 22.1 Å². The molecule has 8 unspecified atom stereocenters. The number of carbonyl (C=O) groups is 1. The van der Waals surface area contributed by atoms with E-state index in [9.17, 15) is 24.6 Å². The van der Waals surface area contributed by atoms with E-state index in [0.29, 0.717) is 63.4 Å². The van der Waals surface area contributed by atoms with Crippen LogP contribution in [-0.2, 0) is 28.6 Å². The summed E-state index contributed by atoms with van der Waals surface area (Å²) in [5.41, 5.74) is -0.400. The van der Waals surface area contributed by atoms with Gasteiger partial charge in [-0.25, -0.2) is 14.4 Å². The molecule has 2 aromatic heterocycles. The number of nitrogens with zero attached hydrogens (tertiary/aromatic N) is 2. The number of aryl methyl sites for hydroxylation is 2. The summed E-state index contributed by atoms with van der Waals surface area (Å²) < 4.78 is 58.6. The number of aliphatic hydroxyl groups is 2. The third kappa shape index (κ3) is 11.7. The number of fused-ring (bicyclic) bond motifs is 3. The molecule has 3 aliphatic rings. The summed E-state index contributed by atoms with van der Waals surface area (Å²) in [6.07, 6.45) is 0.975. The minimum atomic E-state index is -1.29. The number of carbonyl (C=O) groups excluding carboxylic acids is 1. The van der Waals surface area contributed by atoms with Crippen molar-refractivity contribution in [3.05, 3.63) is 118 Å². The third-order valence-electron chi connectivity index (χ3n) is 13.3. The Balaban J connectivity index is 0.000000313. The molecule has 21 heteroatoms. The maximum Gasteiger partial charge on any atom is 0.509 e. The normalized spacial score (nSPS) is 26.3. The van der Waals surface area contributed by atoms with E-state index in [1.165, 1.54) is 14.2 Å². The van der Waals surface area contributed by atoms with E-state index in [0.717, 1.165) is 0 Å². The van der Waals surface area contributed by atoms with Gasteiger partial charge in [-0.3, -0.25) is 0 Å². The maximum absolute atomic E-state index is 13.0. The van der Waals surface area contributed by atoms with Gasteiger partial charge in [0, 0.05) is 23.0 Å². The highest BCUT2D eigenvalue weighted by Crippen LogP contribution is 2.45. The number of hydrogen-bond acceptors (Lipinski definition) is 19. The number of aliphatic hydroxyl groups excluding tert-OH is 2. The summed E-state index contributed by atoms with van der Waals surface area (Å²) in [6.45, 7) is 29.4. The predicted octanol–water partition coefficient (Wildman–Crippen LogP) is 6.46. The quantitative estimate of drug-likeness (QED) is 0.0355. The summed E-state index contributed by atoms with van der Waals surface area (Å²) in [4.78, 5) is 47.6. The molecule has 0 radical (unpaired) electrons. The molecule has 0 spiro atoms. The van der Waals surface area contributed by atoms with Crippen molar-refractivity contribution in [1.29, 1.82) is 0 Å². The number of rotatable bonds is 18. The van der Waals surface area contributed by atoms with E-state index < -0.39 is 65.6 Å². The smallest absolute Gasteiger partial charge is 0.488 e. The van der Waals surface area contributed by atoms with Crippen molar-refractivity contribution in [2.45, 2.75) is 116 Å². The first-order valence-corrected chi connectivity index (χ1v) is 23.2. The molecule has 7 rings (SSSR count). The molecule has 74 heavy (non-hydrogen) atoms. The van der Waals surface area contributed by atoms with E-state index in [2.05, 4.69) is 36.6 Å². The van der Waals surface area contributed by atoms with Gasteiger partial charge in [0.25, 0.3) is 0 Å². The lowest BCUT2D eigenvalue weighted by Crippen LogP contribution is -2.60. The Bertz CT molecular complexity index is 2890. The molecule has 3 fully saturated rings. The SMILES string of the molecule is C=CCOc1c(/C(C)=N/OC)c(=O)oc2c(C)c(OC3O[C@@](C)(CC=C)C(C)C(O)C3O)ccc12.C=CCOc1c(/C(C)=N/OC)c(=O)oc2c(C)c(OC3O[C@@](C)(CC=C)C(C)C4OC(=O)OC34)ccc12.O.O. The average Bonchev–Trinajstić information content (AvgIpc) is 3.74. The zero-order chi connectivity index (χ0) is 52.8. The first-order valence-electron chi connectivity index (χ1n) is 23.2. The van der Waals surface area contributed by atoms with Crippen LogP contribution in [0.2, 0.25) is 0 Å². The summed E-state index contributed by atoms with van der Waals surface area (Å²) in [5.74, 6) is 0.739. The Kier molecular flexibility index (Phi) is 20.0. The summed E-state index contributed by atoms with van der Waals surface area (Å²) in [5, 5.41) is 30.1. The van der Waals surface area contributed by atoms with Crippen LogP contribution in [0.3, 0.4) is 0 Å². The molecular weight excluding hydrogens is 969 g/mol. The Morgan fingerprint density at radius 1 is 0.649 bits per heavy atom. The predicted molar refractivity (Wildman–Crippen MR) is 274 cm³/mol. The number of hydrogen-bond donors (Lipinski definition) is 2. The van der Waals surface area contributed by atoms with Crippen molar-refractivity contribution < 1.29 is 82.4 Å². The Morgan fingerprint density at radius 3 is 1.50 bits per heavy atom. The van der Waals surface area contributed by atoms with Gasteiger partial charge in [0.05, 0.1) is 39.5 Å². The summed E-state index contributed by atoms with van der Waals surface area (Å²) >= 11 is 0. The molecule has 10 atom stereocenters. The molecule has 0 bridgehead atoms. The third-order valence-corrected chi connectivity index (χ3v) is 13.3. The molecule has 4 aromatic rings. The summed E-state index contributed by atoms with van der Waals surface area (Å²) in [7, 11) is 2.76. The second-order valence-corrected chi connectivity index (χ2v) is 18.0. The Morgan fingerprint density at radius 2 is 1.07 bits per heavy atom. The van der Waals surface area contributed by atoms with E-state index in [-0.39, 0.29) is 64.0 Å². The van der Waals surface area contributed by atoms with Crippen LogP contribution >= 0.6 is 0 Å². The minimum Gasteiger partial charge on any atom is -0.488 e. The van der Waals surface area contributed by atoms with Crippen LogP contribution in [0.1, 0.15) is 76.6 Å². The highest BCUT2D eigenvalue weighted by molar-refractivity contribution is 6.06. The number of oxime groups is 2. The molecule has 404 valence electrons. The molecule has 3 saturated heterocycles. The molecule has 0 amide bonds. The number of benzene rings is 2. The van der Waals surface area contributed by atoms with Crippen LogP contribution in [0, 0.1) is 25.7 Å². The Hall–Kier alpha value is -7.01. The number of ether oxygens (including phenoxy) is 8. The second-order valence-electron chi connectivity index (χ2n) is 18.0. The van der Waals surface area contributed by atoms with E-state index >= 15 is 0 Å². The van der Waals surface area contributed by atoms with Crippen LogP contribution < -0.4 is 30.2 Å². The van der Waals surface area contributed by atoms with Crippen molar-refractivity contribution in [1.82, 2.24) is 0 Å². The fourth-order valence-corrected chi connectivity index (χ4v) is 9.04. The molecular formula is C53H68N2O19. The monoisotopic (exact) mass is 1040 g/mol. The lowest BCUT2D eigenvalue weighted by Gasteiger charge is -2.47. The maximum atomic E-state index is 13.0. The van der Waals surface area contributed by atoms with Gasteiger partial charge in [-0.05, 0) is 78.6 Å². The van der Waals surface area contributed by atoms with E-state index in [1.807, 2.05) is 20.8 Å². The summed E-state index contributed by atoms with van der Waals surface area (Å²) in [6, 6.07) is 6.77. The van der Waals surface area contributed by atoms with E-state index in [1.54, 1.807) is 83.2 Å². The zero-order valence-electron chi connectivity index (χ0n) is 43.3.